The van der Waals surface area contributed by atoms with Gasteiger partial charge in [0.1, 0.15) is 0 Å². The van der Waals surface area contributed by atoms with Crippen LogP contribution >= 0.6 is 0 Å². The number of halogens is 2. The molecule has 0 N–H and O–H groups in total. The Morgan fingerprint density at radius 1 is 1.20 bits per heavy atom. The Morgan fingerprint density at radius 2 is 1.90 bits per heavy atom. The van der Waals surface area contributed by atoms with Gasteiger partial charge in [0.15, 0.2) is 11.6 Å². The minimum Gasteiger partial charge on any atom is -0.335 e. The van der Waals surface area contributed by atoms with Crippen molar-refractivity contribution in [3.63, 3.8) is 0 Å². The SMILES string of the molecule is CCN(Cc1ccncc1)C(=O)c1cccc(F)c1F. The van der Waals surface area contributed by atoms with Gasteiger partial charge in [-0.1, -0.05) is 6.07 Å². The van der Waals surface area contributed by atoms with E-state index in [1.54, 1.807) is 31.5 Å². The van der Waals surface area contributed by atoms with Gasteiger partial charge in [0.2, 0.25) is 0 Å². The summed E-state index contributed by atoms with van der Waals surface area (Å²) in [5.74, 6) is -2.65. The van der Waals surface area contributed by atoms with Crippen LogP contribution in [-0.2, 0) is 6.54 Å². The Kier molecular flexibility index (Phi) is 4.40. The van der Waals surface area contributed by atoms with E-state index in [9.17, 15) is 13.6 Å². The Balaban J connectivity index is 2.23. The Labute approximate surface area is 115 Å². The van der Waals surface area contributed by atoms with Crippen LogP contribution in [0.15, 0.2) is 42.7 Å². The van der Waals surface area contributed by atoms with Gasteiger partial charge >= 0.3 is 0 Å². The van der Waals surface area contributed by atoms with Gasteiger partial charge in [0.05, 0.1) is 5.56 Å². The van der Waals surface area contributed by atoms with Crippen LogP contribution in [0.25, 0.3) is 0 Å². The number of benzene rings is 1. The van der Waals surface area contributed by atoms with E-state index in [1.807, 2.05) is 0 Å². The highest BCUT2D eigenvalue weighted by molar-refractivity contribution is 5.94. The molecular formula is C15H14F2N2O. The van der Waals surface area contributed by atoms with Crippen LogP contribution in [-0.4, -0.2) is 22.3 Å². The molecule has 1 heterocycles. The zero-order valence-electron chi connectivity index (χ0n) is 11.0. The molecule has 0 fully saturated rings. The topological polar surface area (TPSA) is 33.2 Å². The quantitative estimate of drug-likeness (QED) is 0.860. The number of rotatable bonds is 4. The highest BCUT2D eigenvalue weighted by atomic mass is 19.2. The molecular weight excluding hydrogens is 262 g/mol. The maximum Gasteiger partial charge on any atom is 0.257 e. The van der Waals surface area contributed by atoms with Crippen LogP contribution in [0.2, 0.25) is 0 Å². The predicted octanol–water partition coefficient (Wildman–Crippen LogP) is 3.02. The van der Waals surface area contributed by atoms with E-state index in [0.717, 1.165) is 11.6 Å². The van der Waals surface area contributed by atoms with Crippen molar-refractivity contribution in [2.75, 3.05) is 6.54 Å². The molecule has 2 rings (SSSR count). The predicted molar refractivity (Wildman–Crippen MR) is 71.0 cm³/mol. The first kappa shape index (κ1) is 14.1. The smallest absolute Gasteiger partial charge is 0.257 e. The fourth-order valence-electron chi connectivity index (χ4n) is 1.88. The molecule has 1 aromatic carbocycles. The number of hydrogen-bond acceptors (Lipinski definition) is 2. The van der Waals surface area contributed by atoms with Gasteiger partial charge in [-0.3, -0.25) is 9.78 Å². The van der Waals surface area contributed by atoms with E-state index in [4.69, 9.17) is 0 Å². The lowest BCUT2D eigenvalue weighted by Crippen LogP contribution is -2.31. The Hall–Kier alpha value is -2.30. The number of nitrogens with zero attached hydrogens (tertiary/aromatic N) is 2. The number of hydrogen-bond donors (Lipinski definition) is 0. The van der Waals surface area contributed by atoms with E-state index in [0.29, 0.717) is 13.1 Å². The minimum atomic E-state index is -1.11. The minimum absolute atomic E-state index is 0.249. The molecule has 0 spiro atoms. The third kappa shape index (κ3) is 2.99. The number of carbonyl (C=O) groups is 1. The maximum absolute atomic E-state index is 13.7. The zero-order chi connectivity index (χ0) is 14.5. The molecule has 5 heteroatoms. The summed E-state index contributed by atoms with van der Waals surface area (Å²) in [6.45, 7) is 2.52. The van der Waals surface area contributed by atoms with E-state index < -0.39 is 17.5 Å². The lowest BCUT2D eigenvalue weighted by Gasteiger charge is -2.21. The zero-order valence-corrected chi connectivity index (χ0v) is 11.0. The summed E-state index contributed by atoms with van der Waals surface area (Å²) in [6, 6.07) is 7.16. The molecule has 0 radical (unpaired) electrons. The maximum atomic E-state index is 13.7. The lowest BCUT2D eigenvalue weighted by molar-refractivity contribution is 0.0746. The normalized spacial score (nSPS) is 10.3. The summed E-state index contributed by atoms with van der Waals surface area (Å²) in [5.41, 5.74) is 0.632. The fourth-order valence-corrected chi connectivity index (χ4v) is 1.88. The molecule has 0 saturated heterocycles. The number of carbonyl (C=O) groups excluding carboxylic acids is 1. The van der Waals surface area contributed by atoms with Crippen molar-refractivity contribution in [1.82, 2.24) is 9.88 Å². The fraction of sp³-hybridized carbons (Fsp3) is 0.200. The number of pyridine rings is 1. The molecule has 0 saturated carbocycles. The van der Waals surface area contributed by atoms with E-state index in [-0.39, 0.29) is 5.56 Å². The largest absolute Gasteiger partial charge is 0.335 e. The van der Waals surface area contributed by atoms with Crippen LogP contribution in [0.1, 0.15) is 22.8 Å². The molecule has 3 nitrogen and oxygen atoms in total. The third-order valence-electron chi connectivity index (χ3n) is 2.97. The average Bonchev–Trinajstić information content (AvgIpc) is 2.48. The van der Waals surface area contributed by atoms with Crippen molar-refractivity contribution in [3.05, 3.63) is 65.5 Å². The van der Waals surface area contributed by atoms with Crippen molar-refractivity contribution in [2.24, 2.45) is 0 Å². The van der Waals surface area contributed by atoms with Crippen LogP contribution in [0.5, 0.6) is 0 Å². The Morgan fingerprint density at radius 3 is 2.55 bits per heavy atom. The molecule has 0 aliphatic carbocycles. The summed E-state index contributed by atoms with van der Waals surface area (Å²) in [4.78, 5) is 17.6. The Bertz CT molecular complexity index is 602. The van der Waals surface area contributed by atoms with E-state index >= 15 is 0 Å². The second-order valence-corrected chi connectivity index (χ2v) is 4.28. The highest BCUT2D eigenvalue weighted by Gasteiger charge is 2.20. The summed E-state index contributed by atoms with van der Waals surface area (Å²) < 4.78 is 26.8. The molecule has 0 aliphatic rings. The van der Waals surface area contributed by atoms with Crippen LogP contribution in [0, 0.1) is 11.6 Å². The van der Waals surface area contributed by atoms with Gasteiger partial charge in [0.25, 0.3) is 5.91 Å². The number of amides is 1. The van der Waals surface area contributed by atoms with Gasteiger partial charge in [-0.2, -0.15) is 0 Å². The first-order chi connectivity index (χ1) is 9.63. The van der Waals surface area contributed by atoms with Crippen molar-refractivity contribution in [1.29, 1.82) is 0 Å². The monoisotopic (exact) mass is 276 g/mol. The van der Waals surface area contributed by atoms with Crippen LogP contribution < -0.4 is 0 Å². The molecule has 1 aromatic heterocycles. The summed E-state index contributed by atoms with van der Waals surface area (Å²) in [6.07, 6.45) is 3.24. The van der Waals surface area contributed by atoms with Gasteiger partial charge in [0, 0.05) is 25.5 Å². The molecule has 0 aliphatic heterocycles. The second kappa shape index (κ2) is 6.23. The van der Waals surface area contributed by atoms with Crippen LogP contribution in [0.4, 0.5) is 8.78 Å². The van der Waals surface area contributed by atoms with E-state index in [1.165, 1.54) is 17.0 Å². The van der Waals surface area contributed by atoms with Gasteiger partial charge in [-0.25, -0.2) is 8.78 Å². The van der Waals surface area contributed by atoms with Crippen molar-refractivity contribution in [3.8, 4) is 0 Å². The molecule has 0 atom stereocenters. The first-order valence-corrected chi connectivity index (χ1v) is 6.25. The van der Waals surface area contributed by atoms with Crippen molar-refractivity contribution < 1.29 is 13.6 Å². The molecule has 104 valence electrons. The first-order valence-electron chi connectivity index (χ1n) is 6.25. The molecule has 20 heavy (non-hydrogen) atoms. The van der Waals surface area contributed by atoms with Crippen molar-refractivity contribution in [2.45, 2.75) is 13.5 Å². The highest BCUT2D eigenvalue weighted by Crippen LogP contribution is 2.15. The lowest BCUT2D eigenvalue weighted by atomic mass is 10.1. The molecule has 2 aromatic rings. The summed E-state index contributed by atoms with van der Waals surface area (Å²) in [7, 11) is 0. The van der Waals surface area contributed by atoms with Gasteiger partial charge < -0.3 is 4.90 Å². The third-order valence-corrected chi connectivity index (χ3v) is 2.97. The summed E-state index contributed by atoms with van der Waals surface area (Å²) in [5, 5.41) is 0. The van der Waals surface area contributed by atoms with Crippen LogP contribution in [0.3, 0.4) is 0 Å². The van der Waals surface area contributed by atoms with Gasteiger partial charge in [-0.05, 0) is 36.8 Å². The molecule has 0 bridgehead atoms. The van der Waals surface area contributed by atoms with E-state index in [2.05, 4.69) is 4.98 Å². The number of aromatic nitrogens is 1. The molecule has 0 unspecified atom stereocenters. The van der Waals surface area contributed by atoms with Crippen molar-refractivity contribution >= 4 is 5.91 Å². The second-order valence-electron chi connectivity index (χ2n) is 4.28. The standard InChI is InChI=1S/C15H14F2N2O/c1-2-19(10-11-6-8-18-9-7-11)15(20)12-4-3-5-13(16)14(12)17/h3-9H,2,10H2,1H3. The molecule has 1 amide bonds. The van der Waals surface area contributed by atoms with Gasteiger partial charge in [-0.15, -0.1) is 0 Å². The average molecular weight is 276 g/mol. The summed E-state index contributed by atoms with van der Waals surface area (Å²) >= 11 is 0.